The summed E-state index contributed by atoms with van der Waals surface area (Å²) in [6, 6.07) is 9.65. The quantitative estimate of drug-likeness (QED) is 0.586. The van der Waals surface area contributed by atoms with Gasteiger partial charge >= 0.3 is 0 Å². The van der Waals surface area contributed by atoms with E-state index < -0.39 is 0 Å². The van der Waals surface area contributed by atoms with Gasteiger partial charge in [0.25, 0.3) is 5.56 Å². The number of aryl methyl sites for hydroxylation is 1. The minimum atomic E-state index is -0.114. The first-order valence-electron chi connectivity index (χ1n) is 7.74. The summed E-state index contributed by atoms with van der Waals surface area (Å²) >= 11 is 3.00. The van der Waals surface area contributed by atoms with Crippen LogP contribution in [0.3, 0.4) is 0 Å². The topological polar surface area (TPSA) is 76.9 Å². The van der Waals surface area contributed by atoms with Crippen LogP contribution in [0.15, 0.2) is 46.8 Å². The molecule has 4 rings (SSSR count). The number of nitrogens with zero attached hydrogens (tertiary/aromatic N) is 3. The van der Waals surface area contributed by atoms with Gasteiger partial charge in [-0.1, -0.05) is 12.1 Å². The minimum absolute atomic E-state index is 0.106. The highest BCUT2D eigenvalue weighted by molar-refractivity contribution is 7.18. The monoisotopic (exact) mass is 370 g/mol. The largest absolute Gasteiger partial charge is 0.350 e. The summed E-state index contributed by atoms with van der Waals surface area (Å²) in [5.41, 5.74) is 0.837. The van der Waals surface area contributed by atoms with E-state index in [2.05, 4.69) is 15.3 Å². The van der Waals surface area contributed by atoms with Crippen LogP contribution in [-0.2, 0) is 17.9 Å². The van der Waals surface area contributed by atoms with Gasteiger partial charge in [-0.05, 0) is 23.6 Å². The van der Waals surface area contributed by atoms with Crippen molar-refractivity contribution >= 4 is 49.0 Å². The minimum Gasteiger partial charge on any atom is -0.350 e. The zero-order valence-electron chi connectivity index (χ0n) is 13.1. The van der Waals surface area contributed by atoms with E-state index in [0.717, 1.165) is 20.1 Å². The number of para-hydroxylation sites is 1. The van der Waals surface area contributed by atoms with E-state index in [0.29, 0.717) is 18.5 Å². The molecule has 1 N–H and O–H groups in total. The van der Waals surface area contributed by atoms with Crippen molar-refractivity contribution in [1.29, 1.82) is 0 Å². The SMILES string of the molecule is O=C(CCn1cnc2sccc2c1=O)NCc1nc2ccccc2s1. The van der Waals surface area contributed by atoms with Crippen LogP contribution in [0.2, 0.25) is 0 Å². The number of hydrogen-bond donors (Lipinski definition) is 1. The molecule has 0 atom stereocenters. The van der Waals surface area contributed by atoms with Crippen molar-refractivity contribution in [2.24, 2.45) is 0 Å². The van der Waals surface area contributed by atoms with Gasteiger partial charge < -0.3 is 5.32 Å². The van der Waals surface area contributed by atoms with Crippen molar-refractivity contribution in [3.05, 3.63) is 57.4 Å². The van der Waals surface area contributed by atoms with Crippen LogP contribution in [-0.4, -0.2) is 20.4 Å². The third-order valence-corrected chi connectivity index (χ3v) is 5.66. The number of amides is 1. The molecule has 0 fully saturated rings. The molecular formula is C17H14N4O2S2. The van der Waals surface area contributed by atoms with E-state index in [1.807, 2.05) is 29.6 Å². The first-order chi connectivity index (χ1) is 12.2. The molecule has 0 aliphatic heterocycles. The predicted octanol–water partition coefficient (Wildman–Crippen LogP) is 2.77. The van der Waals surface area contributed by atoms with Gasteiger partial charge in [-0.25, -0.2) is 9.97 Å². The number of carbonyl (C=O) groups is 1. The van der Waals surface area contributed by atoms with Crippen molar-refractivity contribution in [2.45, 2.75) is 19.5 Å². The second-order valence-corrected chi connectivity index (χ2v) is 7.49. The van der Waals surface area contributed by atoms with Crippen molar-refractivity contribution in [1.82, 2.24) is 19.9 Å². The third kappa shape index (κ3) is 3.31. The van der Waals surface area contributed by atoms with E-state index in [4.69, 9.17) is 0 Å². The number of thiophene rings is 1. The van der Waals surface area contributed by atoms with Gasteiger partial charge in [0.15, 0.2) is 0 Å². The summed E-state index contributed by atoms with van der Waals surface area (Å²) in [7, 11) is 0. The summed E-state index contributed by atoms with van der Waals surface area (Å²) in [4.78, 5) is 33.8. The van der Waals surface area contributed by atoms with Gasteiger partial charge in [-0.15, -0.1) is 22.7 Å². The van der Waals surface area contributed by atoms with Gasteiger partial charge in [0.2, 0.25) is 5.91 Å². The van der Waals surface area contributed by atoms with Crippen molar-refractivity contribution in [3.63, 3.8) is 0 Å². The molecule has 1 amide bonds. The number of thiazole rings is 1. The van der Waals surface area contributed by atoms with Crippen LogP contribution in [0, 0.1) is 0 Å². The Hall–Kier alpha value is -2.58. The van der Waals surface area contributed by atoms with Crippen LogP contribution in [0.25, 0.3) is 20.4 Å². The summed E-state index contributed by atoms with van der Waals surface area (Å²) in [5, 5.41) is 6.17. The molecule has 0 saturated carbocycles. The Morgan fingerprint density at radius 2 is 2.12 bits per heavy atom. The second-order valence-electron chi connectivity index (χ2n) is 5.48. The van der Waals surface area contributed by atoms with Crippen molar-refractivity contribution < 1.29 is 4.79 Å². The smallest absolute Gasteiger partial charge is 0.262 e. The molecule has 6 nitrogen and oxygen atoms in total. The lowest BCUT2D eigenvalue weighted by Gasteiger charge is -2.05. The van der Waals surface area contributed by atoms with E-state index in [9.17, 15) is 9.59 Å². The highest BCUT2D eigenvalue weighted by Crippen LogP contribution is 2.21. The maximum atomic E-state index is 12.3. The molecule has 8 heteroatoms. The van der Waals surface area contributed by atoms with E-state index >= 15 is 0 Å². The number of hydrogen-bond acceptors (Lipinski definition) is 6. The van der Waals surface area contributed by atoms with Crippen LogP contribution in [0.4, 0.5) is 0 Å². The fourth-order valence-corrected chi connectivity index (χ4v) is 4.16. The molecule has 3 aromatic heterocycles. The lowest BCUT2D eigenvalue weighted by molar-refractivity contribution is -0.121. The molecule has 0 aliphatic rings. The highest BCUT2D eigenvalue weighted by Gasteiger charge is 2.08. The normalized spacial score (nSPS) is 11.2. The summed E-state index contributed by atoms with van der Waals surface area (Å²) < 4.78 is 2.58. The highest BCUT2D eigenvalue weighted by atomic mass is 32.1. The number of nitrogens with one attached hydrogen (secondary N) is 1. The maximum absolute atomic E-state index is 12.3. The number of fused-ring (bicyclic) bond motifs is 2. The van der Waals surface area contributed by atoms with Gasteiger partial charge in [-0.2, -0.15) is 0 Å². The first kappa shape index (κ1) is 15.9. The Kier molecular flexibility index (Phi) is 4.29. The van der Waals surface area contributed by atoms with Gasteiger partial charge in [0.05, 0.1) is 28.5 Å². The molecule has 126 valence electrons. The molecule has 4 aromatic rings. The molecule has 0 bridgehead atoms. The number of benzene rings is 1. The van der Waals surface area contributed by atoms with Crippen LogP contribution >= 0.6 is 22.7 Å². The molecule has 3 heterocycles. The van der Waals surface area contributed by atoms with Gasteiger partial charge in [0.1, 0.15) is 9.84 Å². The molecule has 0 spiro atoms. The Labute approximate surface area is 150 Å². The van der Waals surface area contributed by atoms with Crippen LogP contribution < -0.4 is 10.9 Å². The number of carbonyl (C=O) groups excluding carboxylic acids is 1. The van der Waals surface area contributed by atoms with E-state index in [-0.39, 0.29) is 17.9 Å². The maximum Gasteiger partial charge on any atom is 0.262 e. The zero-order chi connectivity index (χ0) is 17.2. The Morgan fingerprint density at radius 1 is 1.24 bits per heavy atom. The molecule has 25 heavy (non-hydrogen) atoms. The van der Waals surface area contributed by atoms with E-state index in [1.165, 1.54) is 22.2 Å². The lowest BCUT2D eigenvalue weighted by atomic mass is 10.3. The lowest BCUT2D eigenvalue weighted by Crippen LogP contribution is -2.27. The van der Waals surface area contributed by atoms with Gasteiger partial charge in [-0.3, -0.25) is 14.2 Å². The fraction of sp³-hybridized carbons (Fsp3) is 0.176. The Bertz CT molecular complexity index is 1080. The predicted molar refractivity (Wildman–Crippen MR) is 100.0 cm³/mol. The standard InChI is InChI=1S/C17H14N4O2S2/c22-14(18-9-15-20-12-3-1-2-4-13(12)25-15)5-7-21-10-19-16-11(17(21)23)6-8-24-16/h1-4,6,8,10H,5,7,9H2,(H,18,22). The molecule has 0 aliphatic carbocycles. The fourth-order valence-electron chi connectivity index (χ4n) is 2.53. The molecule has 0 radical (unpaired) electrons. The molecule has 0 saturated heterocycles. The van der Waals surface area contributed by atoms with Crippen LogP contribution in [0.1, 0.15) is 11.4 Å². The molecular weight excluding hydrogens is 356 g/mol. The Balaban J connectivity index is 1.37. The van der Waals surface area contributed by atoms with Gasteiger partial charge in [0, 0.05) is 13.0 Å². The first-order valence-corrected chi connectivity index (χ1v) is 9.44. The summed E-state index contributed by atoms with van der Waals surface area (Å²) in [5.74, 6) is -0.114. The third-order valence-electron chi connectivity index (χ3n) is 3.81. The van der Waals surface area contributed by atoms with Crippen LogP contribution in [0.5, 0.6) is 0 Å². The average Bonchev–Trinajstić information content (AvgIpc) is 3.26. The Morgan fingerprint density at radius 3 is 3.00 bits per heavy atom. The van der Waals surface area contributed by atoms with E-state index in [1.54, 1.807) is 17.4 Å². The molecule has 1 aromatic carbocycles. The van der Waals surface area contributed by atoms with Crippen molar-refractivity contribution in [3.8, 4) is 0 Å². The van der Waals surface area contributed by atoms with Crippen molar-refractivity contribution in [2.75, 3.05) is 0 Å². The number of rotatable bonds is 5. The second kappa shape index (κ2) is 6.73. The summed E-state index contributed by atoms with van der Waals surface area (Å²) in [6.45, 7) is 0.707. The summed E-state index contributed by atoms with van der Waals surface area (Å²) in [6.07, 6.45) is 1.73. The zero-order valence-corrected chi connectivity index (χ0v) is 14.8. The average molecular weight is 370 g/mol. The number of aromatic nitrogens is 3. The molecule has 0 unspecified atom stereocenters.